The smallest absolute Gasteiger partial charge is 0.303 e. The lowest BCUT2D eigenvalue weighted by Crippen LogP contribution is -2.09. The van der Waals surface area contributed by atoms with Gasteiger partial charge in [0.15, 0.2) is 0 Å². The fourth-order valence-electron chi connectivity index (χ4n) is 1.08. The molecule has 14 heavy (non-hydrogen) atoms. The second kappa shape index (κ2) is 4.00. The van der Waals surface area contributed by atoms with E-state index in [1.54, 1.807) is 0 Å². The van der Waals surface area contributed by atoms with E-state index in [1.807, 2.05) is 0 Å². The highest BCUT2D eigenvalue weighted by Crippen LogP contribution is 2.33. The highest BCUT2D eigenvalue weighted by atomic mass is 35.5. The Kier molecular flexibility index (Phi) is 3.16. The number of rotatable bonds is 2. The number of halogens is 4. The molecule has 0 unspecified atom stereocenters. The van der Waals surface area contributed by atoms with Crippen LogP contribution in [-0.2, 0) is 17.4 Å². The molecule has 1 rings (SSSR count). The summed E-state index contributed by atoms with van der Waals surface area (Å²) in [6, 6.07) is 3.36. The van der Waals surface area contributed by atoms with E-state index in [1.165, 1.54) is 12.1 Å². The maximum atomic E-state index is 12.4. The van der Waals surface area contributed by atoms with Crippen LogP contribution in [-0.4, -0.2) is 6.29 Å². The van der Waals surface area contributed by atoms with E-state index in [0.29, 0.717) is 6.29 Å². The molecule has 0 aliphatic heterocycles. The van der Waals surface area contributed by atoms with Gasteiger partial charge in [0.05, 0.1) is 5.56 Å². The quantitative estimate of drug-likeness (QED) is 0.703. The third-order valence-corrected chi connectivity index (χ3v) is 1.92. The summed E-state index contributed by atoms with van der Waals surface area (Å²) in [5.41, 5.74) is -0.908. The van der Waals surface area contributed by atoms with Crippen molar-refractivity contribution in [1.82, 2.24) is 0 Å². The summed E-state index contributed by atoms with van der Waals surface area (Å²) in [7, 11) is 0. The molecule has 1 aromatic carbocycles. The number of carbonyl (C=O) groups excluding carboxylic acids is 1. The van der Waals surface area contributed by atoms with Crippen LogP contribution < -0.4 is 0 Å². The van der Waals surface area contributed by atoms with Crippen LogP contribution in [0, 0.1) is 0 Å². The van der Waals surface area contributed by atoms with E-state index in [0.717, 1.165) is 6.07 Å². The molecular weight excluding hydrogens is 217 g/mol. The molecule has 0 aromatic heterocycles. The van der Waals surface area contributed by atoms with Crippen LogP contribution in [0.5, 0.6) is 0 Å². The molecule has 0 bridgehead atoms. The molecule has 1 aromatic rings. The molecule has 0 saturated heterocycles. The van der Waals surface area contributed by atoms with Crippen LogP contribution in [0.1, 0.15) is 11.1 Å². The van der Waals surface area contributed by atoms with E-state index < -0.39 is 11.7 Å². The number of hydrogen-bond acceptors (Lipinski definition) is 1. The van der Waals surface area contributed by atoms with Gasteiger partial charge in [-0.05, 0) is 17.7 Å². The molecule has 1 nitrogen and oxygen atoms in total. The summed E-state index contributed by atoms with van der Waals surface area (Å²) in [6.07, 6.45) is -4.30. The van der Waals surface area contributed by atoms with Crippen molar-refractivity contribution < 1.29 is 18.0 Å². The minimum absolute atomic E-state index is 0.00646. The van der Waals surface area contributed by atoms with Crippen LogP contribution in [0.3, 0.4) is 0 Å². The monoisotopic (exact) mass is 222 g/mol. The highest BCUT2D eigenvalue weighted by molar-refractivity contribution is 6.30. The fraction of sp³-hybridized carbons (Fsp3) is 0.222. The number of alkyl halides is 3. The largest absolute Gasteiger partial charge is 0.416 e. The van der Waals surface area contributed by atoms with E-state index in [2.05, 4.69) is 0 Å². The van der Waals surface area contributed by atoms with Crippen molar-refractivity contribution in [2.75, 3.05) is 0 Å². The average Bonchev–Trinajstić information content (AvgIpc) is 2.07. The van der Waals surface area contributed by atoms with Gasteiger partial charge in [-0.25, -0.2) is 0 Å². The molecule has 0 heterocycles. The van der Waals surface area contributed by atoms with Gasteiger partial charge in [-0.3, -0.25) is 0 Å². The molecule has 0 fully saturated rings. The zero-order valence-electron chi connectivity index (χ0n) is 6.94. The molecule has 0 radical (unpaired) electrons. The van der Waals surface area contributed by atoms with Crippen LogP contribution in [0.25, 0.3) is 0 Å². The van der Waals surface area contributed by atoms with Gasteiger partial charge in [-0.15, -0.1) is 0 Å². The Morgan fingerprint density at radius 1 is 1.36 bits per heavy atom. The first-order chi connectivity index (χ1) is 6.45. The van der Waals surface area contributed by atoms with Crippen molar-refractivity contribution in [1.29, 1.82) is 0 Å². The summed E-state index contributed by atoms with van der Waals surface area (Å²) in [4.78, 5) is 10.1. The van der Waals surface area contributed by atoms with Crippen molar-refractivity contribution in [2.45, 2.75) is 12.6 Å². The van der Waals surface area contributed by atoms with Crippen molar-refractivity contribution in [2.24, 2.45) is 0 Å². The first-order valence-electron chi connectivity index (χ1n) is 3.74. The first kappa shape index (κ1) is 11.0. The second-order valence-corrected chi connectivity index (χ2v) is 3.11. The lowest BCUT2D eigenvalue weighted by atomic mass is 10.1. The van der Waals surface area contributed by atoms with Gasteiger partial charge in [0, 0.05) is 11.4 Å². The number of aldehydes is 1. The summed E-state index contributed by atoms with van der Waals surface area (Å²) in [5, 5.41) is 0.00646. The Morgan fingerprint density at radius 2 is 2.00 bits per heavy atom. The van der Waals surface area contributed by atoms with Gasteiger partial charge >= 0.3 is 6.18 Å². The normalized spacial score (nSPS) is 11.4. The molecular formula is C9H6ClF3O. The van der Waals surface area contributed by atoms with E-state index in [-0.39, 0.29) is 17.0 Å². The maximum Gasteiger partial charge on any atom is 0.416 e. The van der Waals surface area contributed by atoms with Gasteiger partial charge < -0.3 is 4.79 Å². The van der Waals surface area contributed by atoms with Crippen molar-refractivity contribution in [3.05, 3.63) is 34.3 Å². The first-order valence-corrected chi connectivity index (χ1v) is 4.12. The summed E-state index contributed by atoms with van der Waals surface area (Å²) < 4.78 is 37.1. The molecule has 0 saturated carbocycles. The minimum atomic E-state index is -4.47. The number of hydrogen-bond donors (Lipinski definition) is 0. The van der Waals surface area contributed by atoms with Crippen LogP contribution in [0.2, 0.25) is 5.02 Å². The van der Waals surface area contributed by atoms with Crippen LogP contribution >= 0.6 is 11.6 Å². The third-order valence-electron chi connectivity index (χ3n) is 1.68. The van der Waals surface area contributed by atoms with Gasteiger partial charge in [0.25, 0.3) is 0 Å². The fourth-order valence-corrected chi connectivity index (χ4v) is 1.25. The Bertz CT molecular complexity index is 346. The van der Waals surface area contributed by atoms with Crippen molar-refractivity contribution in [3.63, 3.8) is 0 Å². The average molecular weight is 223 g/mol. The van der Waals surface area contributed by atoms with Gasteiger partial charge in [0.1, 0.15) is 6.29 Å². The zero-order chi connectivity index (χ0) is 10.8. The summed E-state index contributed by atoms with van der Waals surface area (Å²) in [6.45, 7) is 0. The minimum Gasteiger partial charge on any atom is -0.303 e. The van der Waals surface area contributed by atoms with E-state index in [4.69, 9.17) is 11.6 Å². The predicted octanol–water partition coefficient (Wildman–Crippen LogP) is 3.10. The van der Waals surface area contributed by atoms with Crippen molar-refractivity contribution >= 4 is 17.9 Å². The topological polar surface area (TPSA) is 17.1 Å². The highest BCUT2D eigenvalue weighted by Gasteiger charge is 2.33. The zero-order valence-corrected chi connectivity index (χ0v) is 7.69. The SMILES string of the molecule is O=CCc1ccc(Cl)cc1C(F)(F)F. The van der Waals surface area contributed by atoms with Crippen molar-refractivity contribution in [3.8, 4) is 0 Å². The van der Waals surface area contributed by atoms with Crippen LogP contribution in [0.4, 0.5) is 13.2 Å². The molecule has 0 aliphatic rings. The summed E-state index contributed by atoms with van der Waals surface area (Å²) in [5.74, 6) is 0. The van der Waals surface area contributed by atoms with Gasteiger partial charge in [-0.1, -0.05) is 17.7 Å². The lowest BCUT2D eigenvalue weighted by Gasteiger charge is -2.11. The number of carbonyl (C=O) groups is 1. The molecule has 0 spiro atoms. The van der Waals surface area contributed by atoms with E-state index in [9.17, 15) is 18.0 Å². The number of benzene rings is 1. The Hall–Kier alpha value is -1.03. The molecule has 0 atom stereocenters. The maximum absolute atomic E-state index is 12.4. The standard InChI is InChI=1S/C9H6ClF3O/c10-7-2-1-6(3-4-14)8(5-7)9(11,12)13/h1-2,4-5H,3H2. The second-order valence-electron chi connectivity index (χ2n) is 2.67. The molecule has 5 heteroatoms. The summed E-state index contributed by atoms with van der Waals surface area (Å²) >= 11 is 5.43. The third kappa shape index (κ3) is 2.48. The molecule has 76 valence electrons. The lowest BCUT2D eigenvalue weighted by molar-refractivity contribution is -0.138. The Balaban J connectivity index is 3.22. The molecule has 0 aliphatic carbocycles. The van der Waals surface area contributed by atoms with Gasteiger partial charge in [0.2, 0.25) is 0 Å². The van der Waals surface area contributed by atoms with Crippen LogP contribution in [0.15, 0.2) is 18.2 Å². The Morgan fingerprint density at radius 3 is 2.50 bits per heavy atom. The Labute approximate surface area is 83.5 Å². The molecule has 0 N–H and O–H groups in total. The molecule has 0 amide bonds. The predicted molar refractivity (Wildman–Crippen MR) is 46.2 cm³/mol. The van der Waals surface area contributed by atoms with Gasteiger partial charge in [-0.2, -0.15) is 13.2 Å². The van der Waals surface area contributed by atoms with E-state index >= 15 is 0 Å².